The first-order valence-electron chi connectivity index (χ1n) is 7.54. The van der Waals surface area contributed by atoms with E-state index in [0.29, 0.717) is 17.4 Å². The third-order valence-corrected chi connectivity index (χ3v) is 3.85. The van der Waals surface area contributed by atoms with Crippen molar-refractivity contribution in [2.24, 2.45) is 0 Å². The molecule has 0 amide bonds. The molecule has 0 aliphatic rings. The van der Waals surface area contributed by atoms with Gasteiger partial charge >= 0.3 is 0 Å². The summed E-state index contributed by atoms with van der Waals surface area (Å²) >= 11 is 0. The molecule has 0 radical (unpaired) electrons. The molecule has 0 aromatic heterocycles. The highest BCUT2D eigenvalue weighted by molar-refractivity contribution is 5.72. The summed E-state index contributed by atoms with van der Waals surface area (Å²) in [5.41, 5.74) is 0.888. The molecule has 110 valence electrons. The fourth-order valence-corrected chi connectivity index (χ4v) is 2.50. The molecule has 2 nitrogen and oxygen atoms in total. The first kappa shape index (κ1) is 15.5. The van der Waals surface area contributed by atoms with Crippen LogP contribution >= 0.6 is 0 Å². The molecule has 0 bridgehead atoms. The van der Waals surface area contributed by atoms with Crippen molar-refractivity contribution in [1.29, 1.82) is 0 Å². The van der Waals surface area contributed by atoms with Gasteiger partial charge < -0.3 is 5.11 Å². The first-order valence-corrected chi connectivity index (χ1v) is 7.54. The summed E-state index contributed by atoms with van der Waals surface area (Å²) < 4.78 is 0. The first-order chi connectivity index (χ1) is 10.2. The average molecular weight is 282 g/mol. The number of carbonyl (C=O) groups is 1. The Bertz CT molecular complexity index is 560. The van der Waals surface area contributed by atoms with Crippen molar-refractivity contribution in [3.63, 3.8) is 0 Å². The fourth-order valence-electron chi connectivity index (χ4n) is 2.50. The number of aliphatic hydroxyl groups is 1. The molecule has 0 fully saturated rings. The maximum atomic E-state index is 11.5. The second kappa shape index (κ2) is 7.19. The third kappa shape index (κ3) is 3.59. The maximum Gasteiger partial charge on any atom is 0.170 e. The Balaban J connectivity index is 2.21. The van der Waals surface area contributed by atoms with E-state index in [9.17, 15) is 9.90 Å². The second-order valence-corrected chi connectivity index (χ2v) is 5.40. The van der Waals surface area contributed by atoms with Gasteiger partial charge in [-0.25, -0.2) is 0 Å². The second-order valence-electron chi connectivity index (χ2n) is 5.40. The number of carbonyl (C=O) groups excluding carboxylic acids is 1. The smallest absolute Gasteiger partial charge is 0.170 e. The van der Waals surface area contributed by atoms with Crippen molar-refractivity contribution in [1.82, 2.24) is 0 Å². The molecule has 0 spiro atoms. The van der Waals surface area contributed by atoms with Crippen LogP contribution < -0.4 is 0 Å². The minimum Gasteiger partial charge on any atom is -0.373 e. The summed E-state index contributed by atoms with van der Waals surface area (Å²) in [5, 5.41) is 10.7. The highest BCUT2D eigenvalue weighted by atomic mass is 16.3. The Labute approximate surface area is 126 Å². The zero-order valence-corrected chi connectivity index (χ0v) is 12.5. The summed E-state index contributed by atoms with van der Waals surface area (Å²) in [5.74, 6) is 0. The lowest BCUT2D eigenvalue weighted by molar-refractivity contribution is -0.121. The van der Waals surface area contributed by atoms with Crippen LogP contribution in [0.4, 0.5) is 0 Å². The summed E-state index contributed by atoms with van der Waals surface area (Å²) in [6.45, 7) is 2.19. The maximum absolute atomic E-state index is 11.5. The molecule has 2 aromatic rings. The summed E-state index contributed by atoms with van der Waals surface area (Å²) in [7, 11) is 0. The van der Waals surface area contributed by atoms with Crippen molar-refractivity contribution in [2.75, 3.05) is 0 Å². The Hall–Kier alpha value is -1.93. The normalized spacial score (nSPS) is 13.6. The molecule has 1 unspecified atom stereocenters. The van der Waals surface area contributed by atoms with E-state index in [4.69, 9.17) is 0 Å². The van der Waals surface area contributed by atoms with E-state index >= 15 is 0 Å². The number of hydrogen-bond acceptors (Lipinski definition) is 2. The van der Waals surface area contributed by atoms with Crippen molar-refractivity contribution in [3.05, 3.63) is 71.3 Å². The predicted molar refractivity (Wildman–Crippen MR) is 85.2 cm³/mol. The van der Waals surface area contributed by atoms with Gasteiger partial charge in [0.25, 0.3) is 0 Å². The molecule has 1 N–H and O–H groups in total. The van der Waals surface area contributed by atoms with E-state index in [1.54, 1.807) is 12.1 Å². The molecule has 2 aromatic carbocycles. The van der Waals surface area contributed by atoms with Gasteiger partial charge in [0, 0.05) is 0 Å². The molecule has 2 rings (SSSR count). The standard InChI is InChI=1S/C19H22O2/c1-2-3-5-8-16-11-13-18(14-12-16)19(21,15-20)17-9-6-4-7-10-17/h4,6-7,9-15,21H,2-3,5,8H2,1H3. The lowest BCUT2D eigenvalue weighted by Crippen LogP contribution is -2.28. The number of aldehydes is 1. The highest BCUT2D eigenvalue weighted by Gasteiger charge is 2.30. The minimum absolute atomic E-state index is 0.596. The van der Waals surface area contributed by atoms with Gasteiger partial charge in [0.15, 0.2) is 11.9 Å². The van der Waals surface area contributed by atoms with Crippen molar-refractivity contribution in [3.8, 4) is 0 Å². The average Bonchev–Trinajstić information content (AvgIpc) is 2.56. The SMILES string of the molecule is CCCCCc1ccc(C(O)(C=O)c2ccccc2)cc1. The van der Waals surface area contributed by atoms with Gasteiger partial charge in [-0.1, -0.05) is 74.4 Å². The van der Waals surface area contributed by atoms with E-state index in [0.717, 1.165) is 6.42 Å². The quantitative estimate of drug-likeness (QED) is 0.618. The van der Waals surface area contributed by atoms with Crippen LogP contribution in [0.15, 0.2) is 54.6 Å². The van der Waals surface area contributed by atoms with E-state index in [2.05, 4.69) is 6.92 Å². The molecule has 0 saturated heterocycles. The number of aryl methyl sites for hydroxylation is 1. The Morgan fingerprint density at radius 1 is 0.952 bits per heavy atom. The molecule has 1 atom stereocenters. The van der Waals surface area contributed by atoms with E-state index in [1.807, 2.05) is 42.5 Å². The van der Waals surface area contributed by atoms with Gasteiger partial charge in [-0.15, -0.1) is 0 Å². The van der Waals surface area contributed by atoms with Gasteiger partial charge in [0.05, 0.1) is 0 Å². The van der Waals surface area contributed by atoms with Gasteiger partial charge in [-0.2, -0.15) is 0 Å². The van der Waals surface area contributed by atoms with Crippen LogP contribution in [0.2, 0.25) is 0 Å². The predicted octanol–water partition coefficient (Wildman–Crippen LogP) is 3.85. The van der Waals surface area contributed by atoms with Gasteiger partial charge in [-0.05, 0) is 29.5 Å². The van der Waals surface area contributed by atoms with E-state index in [-0.39, 0.29) is 0 Å². The highest BCUT2D eigenvalue weighted by Crippen LogP contribution is 2.27. The van der Waals surface area contributed by atoms with E-state index < -0.39 is 5.60 Å². The summed E-state index contributed by atoms with van der Waals surface area (Å²) in [6, 6.07) is 16.8. The number of rotatable bonds is 7. The lowest BCUT2D eigenvalue weighted by atomic mass is 9.87. The van der Waals surface area contributed by atoms with Crippen molar-refractivity contribution >= 4 is 6.29 Å². The van der Waals surface area contributed by atoms with Crippen LogP contribution in [-0.2, 0) is 16.8 Å². The van der Waals surface area contributed by atoms with Crippen molar-refractivity contribution < 1.29 is 9.90 Å². The topological polar surface area (TPSA) is 37.3 Å². The van der Waals surface area contributed by atoms with Gasteiger partial charge in [0.2, 0.25) is 0 Å². The molecule has 2 heteroatoms. The number of hydrogen-bond donors (Lipinski definition) is 1. The molecule has 0 aliphatic carbocycles. The molecule has 0 aliphatic heterocycles. The zero-order chi connectivity index (χ0) is 15.1. The number of benzene rings is 2. The molecule has 0 heterocycles. The Morgan fingerprint density at radius 2 is 1.57 bits per heavy atom. The third-order valence-electron chi connectivity index (χ3n) is 3.85. The van der Waals surface area contributed by atoms with E-state index in [1.165, 1.54) is 24.8 Å². The van der Waals surface area contributed by atoms with Gasteiger partial charge in [0.1, 0.15) is 0 Å². The van der Waals surface area contributed by atoms with Crippen LogP contribution in [0.5, 0.6) is 0 Å². The summed E-state index contributed by atoms with van der Waals surface area (Å²) in [6.07, 6.45) is 5.25. The zero-order valence-electron chi connectivity index (χ0n) is 12.5. The molecule has 0 saturated carbocycles. The van der Waals surface area contributed by atoms with Crippen LogP contribution in [0.1, 0.15) is 42.9 Å². The largest absolute Gasteiger partial charge is 0.373 e. The fraction of sp³-hybridized carbons (Fsp3) is 0.316. The number of unbranched alkanes of at least 4 members (excludes halogenated alkanes) is 2. The summed E-state index contributed by atoms with van der Waals surface area (Å²) in [4.78, 5) is 11.5. The minimum atomic E-state index is -1.57. The van der Waals surface area contributed by atoms with Crippen LogP contribution in [0, 0.1) is 0 Å². The van der Waals surface area contributed by atoms with Crippen molar-refractivity contribution in [2.45, 2.75) is 38.2 Å². The lowest BCUT2D eigenvalue weighted by Gasteiger charge is -2.23. The molecule has 21 heavy (non-hydrogen) atoms. The van der Waals surface area contributed by atoms with Crippen LogP contribution in [0.3, 0.4) is 0 Å². The van der Waals surface area contributed by atoms with Crippen LogP contribution in [-0.4, -0.2) is 11.4 Å². The van der Waals surface area contributed by atoms with Crippen LogP contribution in [0.25, 0.3) is 0 Å². The Morgan fingerprint density at radius 3 is 2.14 bits per heavy atom. The Kier molecular flexibility index (Phi) is 5.29. The molecular formula is C19H22O2. The van der Waals surface area contributed by atoms with Gasteiger partial charge in [-0.3, -0.25) is 4.79 Å². The molecular weight excluding hydrogens is 260 g/mol. The monoisotopic (exact) mass is 282 g/mol.